The van der Waals surface area contributed by atoms with Crippen molar-refractivity contribution in [2.75, 3.05) is 0 Å². The molecule has 18 heavy (non-hydrogen) atoms. The van der Waals surface area contributed by atoms with Crippen LogP contribution in [0.4, 0.5) is 0 Å². The Kier molecular flexibility index (Phi) is 3.24. The van der Waals surface area contributed by atoms with Crippen molar-refractivity contribution in [2.45, 2.75) is 12.2 Å². The van der Waals surface area contributed by atoms with Crippen molar-refractivity contribution in [3.8, 4) is 0 Å². The van der Waals surface area contributed by atoms with Gasteiger partial charge < -0.3 is 4.42 Å². The van der Waals surface area contributed by atoms with Gasteiger partial charge in [-0.1, -0.05) is 5.21 Å². The zero-order valence-electron chi connectivity index (χ0n) is 9.00. The number of hydrogen-bond donors (Lipinski definition) is 1. The lowest BCUT2D eigenvalue weighted by Crippen LogP contribution is -2.00. The van der Waals surface area contributed by atoms with Crippen LogP contribution in [0.5, 0.6) is 0 Å². The molecule has 0 fully saturated rings. The van der Waals surface area contributed by atoms with Gasteiger partial charge >= 0.3 is 0 Å². The summed E-state index contributed by atoms with van der Waals surface area (Å²) < 4.78 is 6.12. The van der Waals surface area contributed by atoms with Gasteiger partial charge in [0.25, 0.3) is 0 Å². The first-order chi connectivity index (χ1) is 8.81. The van der Waals surface area contributed by atoms with Gasteiger partial charge in [0, 0.05) is 6.42 Å². The number of furan rings is 1. The molecule has 9 heteroatoms. The van der Waals surface area contributed by atoms with Crippen molar-refractivity contribution < 1.29 is 4.42 Å². The van der Waals surface area contributed by atoms with Crippen molar-refractivity contribution in [3.63, 3.8) is 0 Å². The molecule has 1 N–H and O–H groups in total. The van der Waals surface area contributed by atoms with Gasteiger partial charge in [0.05, 0.1) is 5.75 Å². The molecular formula is C9H7BrN6OS. The molecule has 0 saturated heterocycles. The highest BCUT2D eigenvalue weighted by atomic mass is 79.9. The number of H-pyrrole nitrogens is 1. The van der Waals surface area contributed by atoms with Gasteiger partial charge in [0.1, 0.15) is 10.8 Å². The van der Waals surface area contributed by atoms with Crippen LogP contribution in [0, 0.1) is 0 Å². The molecule has 7 nitrogen and oxygen atoms in total. The fourth-order valence-electron chi connectivity index (χ4n) is 1.41. The lowest BCUT2D eigenvalue weighted by Gasteiger charge is -1.96. The van der Waals surface area contributed by atoms with Crippen molar-refractivity contribution >= 4 is 38.4 Å². The van der Waals surface area contributed by atoms with Crippen LogP contribution in [-0.4, -0.2) is 31.4 Å². The Morgan fingerprint density at radius 1 is 1.39 bits per heavy atom. The first kappa shape index (κ1) is 11.6. The molecule has 0 atom stereocenters. The van der Waals surface area contributed by atoms with E-state index in [0.29, 0.717) is 22.7 Å². The summed E-state index contributed by atoms with van der Waals surface area (Å²) in [6.07, 6.45) is 0.669. The Balaban J connectivity index is 1.57. The second-order valence-corrected chi connectivity index (χ2v) is 5.27. The number of thioether (sulfide) groups is 1. The van der Waals surface area contributed by atoms with E-state index < -0.39 is 0 Å². The summed E-state index contributed by atoms with van der Waals surface area (Å²) in [5.41, 5.74) is 0.830. The lowest BCUT2D eigenvalue weighted by molar-refractivity contribution is 0.531. The molecule has 2 aromatic rings. The van der Waals surface area contributed by atoms with E-state index in [0.717, 1.165) is 16.5 Å². The summed E-state index contributed by atoms with van der Waals surface area (Å²) >= 11 is 4.80. The second kappa shape index (κ2) is 5.02. The topological polar surface area (TPSA) is 92.3 Å². The molecule has 3 heterocycles. The van der Waals surface area contributed by atoms with E-state index in [9.17, 15) is 0 Å². The molecule has 0 aromatic carbocycles. The van der Waals surface area contributed by atoms with E-state index in [2.05, 4.69) is 46.8 Å². The van der Waals surface area contributed by atoms with Gasteiger partial charge in [-0.2, -0.15) is 10.3 Å². The Hall–Kier alpha value is -1.48. The van der Waals surface area contributed by atoms with Crippen molar-refractivity contribution in [1.29, 1.82) is 0 Å². The smallest absolute Gasteiger partial charge is 0.184 e. The van der Waals surface area contributed by atoms with Crippen molar-refractivity contribution in [2.24, 2.45) is 10.2 Å². The molecule has 0 spiro atoms. The average Bonchev–Trinajstić information content (AvgIpc) is 3.07. The Morgan fingerprint density at radius 3 is 3.06 bits per heavy atom. The quantitative estimate of drug-likeness (QED) is 0.931. The zero-order valence-corrected chi connectivity index (χ0v) is 11.4. The molecular weight excluding hydrogens is 320 g/mol. The van der Waals surface area contributed by atoms with Crippen molar-refractivity contribution in [1.82, 2.24) is 20.6 Å². The second-order valence-electron chi connectivity index (χ2n) is 3.44. The van der Waals surface area contributed by atoms with Gasteiger partial charge in [-0.05, 0) is 28.1 Å². The van der Waals surface area contributed by atoms with Gasteiger partial charge in [-0.3, -0.25) is 0 Å². The fraction of sp³-hybridized carbons (Fsp3) is 0.222. The third-order valence-corrected chi connectivity index (χ3v) is 3.60. The Bertz CT molecular complexity index is 604. The summed E-state index contributed by atoms with van der Waals surface area (Å²) in [6.45, 7) is 0. The minimum absolute atomic E-state index is 0.625. The highest BCUT2D eigenvalue weighted by Gasteiger charge is 2.18. The number of tetrazole rings is 1. The molecule has 0 bridgehead atoms. The molecule has 0 amide bonds. The summed E-state index contributed by atoms with van der Waals surface area (Å²) in [5, 5.41) is 22.8. The summed E-state index contributed by atoms with van der Waals surface area (Å²) in [7, 11) is 0. The molecule has 3 rings (SSSR count). The number of nitrogens with one attached hydrogen (secondary N) is 1. The highest BCUT2D eigenvalue weighted by molar-refractivity contribution is 9.10. The molecule has 1 aliphatic rings. The largest absolute Gasteiger partial charge is 0.448 e. The molecule has 0 saturated carbocycles. The van der Waals surface area contributed by atoms with Crippen LogP contribution in [0.1, 0.15) is 18.0 Å². The van der Waals surface area contributed by atoms with E-state index in [1.807, 2.05) is 12.1 Å². The Morgan fingerprint density at radius 2 is 2.33 bits per heavy atom. The molecule has 2 aromatic heterocycles. The van der Waals surface area contributed by atoms with E-state index in [1.54, 1.807) is 11.8 Å². The molecule has 92 valence electrons. The van der Waals surface area contributed by atoms with E-state index in [4.69, 9.17) is 4.42 Å². The van der Waals surface area contributed by atoms with E-state index in [-0.39, 0.29) is 0 Å². The van der Waals surface area contributed by atoms with Crippen LogP contribution in [0.3, 0.4) is 0 Å². The first-order valence-electron chi connectivity index (χ1n) is 5.05. The maximum absolute atomic E-state index is 5.43. The third-order valence-electron chi connectivity index (χ3n) is 2.22. The highest BCUT2D eigenvalue weighted by Crippen LogP contribution is 2.23. The molecule has 0 radical (unpaired) electrons. The number of halogens is 1. The summed E-state index contributed by atoms with van der Waals surface area (Å²) in [4.78, 5) is 0. The molecule has 0 aliphatic carbocycles. The van der Waals surface area contributed by atoms with Gasteiger partial charge in [-0.15, -0.1) is 27.1 Å². The maximum atomic E-state index is 5.43. The van der Waals surface area contributed by atoms with Crippen LogP contribution in [0.25, 0.3) is 0 Å². The number of aromatic nitrogens is 4. The first-order valence-corrected chi connectivity index (χ1v) is 6.83. The summed E-state index contributed by atoms with van der Waals surface area (Å²) in [6, 6.07) is 3.70. The van der Waals surface area contributed by atoms with Gasteiger partial charge in [-0.25, -0.2) is 0 Å². The maximum Gasteiger partial charge on any atom is 0.184 e. The number of rotatable bonds is 3. The fourth-order valence-corrected chi connectivity index (χ4v) is 2.47. The normalized spacial score (nSPS) is 14.7. The van der Waals surface area contributed by atoms with Gasteiger partial charge in [0.2, 0.25) is 0 Å². The van der Waals surface area contributed by atoms with Crippen LogP contribution in [0.15, 0.2) is 31.4 Å². The number of hydrogen-bond acceptors (Lipinski definition) is 7. The van der Waals surface area contributed by atoms with Crippen LogP contribution in [-0.2, 0) is 5.75 Å². The minimum atomic E-state index is 0.625. The lowest BCUT2D eigenvalue weighted by atomic mass is 10.2. The van der Waals surface area contributed by atoms with Crippen LogP contribution < -0.4 is 0 Å². The predicted molar refractivity (Wildman–Crippen MR) is 70.5 cm³/mol. The van der Waals surface area contributed by atoms with Crippen LogP contribution in [0.2, 0.25) is 0 Å². The zero-order chi connectivity index (χ0) is 12.4. The number of aromatic amines is 1. The molecule has 1 aliphatic heterocycles. The Labute approximate surface area is 114 Å². The predicted octanol–water partition coefficient (Wildman–Crippen LogP) is 1.99. The molecule has 0 unspecified atom stereocenters. The SMILES string of the molecule is Brc1ccc(C2=NN=C(SCc3nn[nH]n3)C2)o1. The van der Waals surface area contributed by atoms with E-state index >= 15 is 0 Å². The average molecular weight is 327 g/mol. The van der Waals surface area contributed by atoms with Crippen molar-refractivity contribution in [3.05, 3.63) is 28.4 Å². The monoisotopic (exact) mass is 326 g/mol. The van der Waals surface area contributed by atoms with E-state index in [1.165, 1.54) is 0 Å². The van der Waals surface area contributed by atoms with Gasteiger partial charge in [0.15, 0.2) is 16.3 Å². The minimum Gasteiger partial charge on any atom is -0.448 e. The summed E-state index contributed by atoms with van der Waals surface area (Å²) in [5.74, 6) is 2.01. The van der Waals surface area contributed by atoms with Crippen LogP contribution >= 0.6 is 27.7 Å². The standard InChI is InChI=1S/C9H7BrN6OS/c10-7-2-1-6(17-7)5-3-9(14-11-5)18-4-8-12-15-16-13-8/h1-2H,3-4H2,(H,12,13,15,16). The number of nitrogens with zero attached hydrogens (tertiary/aromatic N) is 5. The third kappa shape index (κ3) is 2.51.